The van der Waals surface area contributed by atoms with Crippen LogP contribution in [0.3, 0.4) is 0 Å². The first-order valence-corrected chi connectivity index (χ1v) is 7.04. The maximum absolute atomic E-state index is 13.4. The Hall–Kier alpha value is -2.18. The number of aliphatic carboxylic acids is 2. The van der Waals surface area contributed by atoms with Crippen LogP contribution in [0, 0.1) is 0 Å². The van der Waals surface area contributed by atoms with Crippen LogP contribution in [-0.4, -0.2) is 69.5 Å². The molecule has 0 bridgehead atoms. The van der Waals surface area contributed by atoms with Crippen LogP contribution in [0.15, 0.2) is 0 Å². The van der Waals surface area contributed by atoms with E-state index >= 15 is 0 Å². The van der Waals surface area contributed by atoms with Crippen molar-refractivity contribution in [2.45, 2.75) is 60.2 Å². The number of hydrogen-bond donors (Lipinski definition) is 2. The molecule has 0 radical (unpaired) electrons. The van der Waals surface area contributed by atoms with Crippen molar-refractivity contribution in [3.05, 3.63) is 0 Å². The van der Waals surface area contributed by atoms with Crippen molar-refractivity contribution in [2.75, 3.05) is 0 Å². The molecule has 2 N–H and O–H groups in total. The molecule has 0 rings (SSSR count). The van der Waals surface area contributed by atoms with E-state index in [9.17, 15) is 79.8 Å². The molecule has 0 aliphatic carbocycles. The predicted molar refractivity (Wildman–Crippen MR) is 64.1 cm³/mol. The van der Waals surface area contributed by atoms with Crippen molar-refractivity contribution in [1.29, 1.82) is 0 Å². The third-order valence-corrected chi connectivity index (χ3v) is 3.64. The summed E-state index contributed by atoms with van der Waals surface area (Å²) < 4.78 is 212. The smallest absolute Gasteiger partial charge is 0.384 e. The van der Waals surface area contributed by atoms with Crippen molar-refractivity contribution < 1.29 is 90.0 Å². The van der Waals surface area contributed by atoms with E-state index in [2.05, 4.69) is 0 Å². The van der Waals surface area contributed by atoms with Gasteiger partial charge >= 0.3 is 59.3 Å². The molecule has 0 saturated carbocycles. The number of carbonyl (C=O) groups is 2. The molecule has 0 aliphatic heterocycles. The van der Waals surface area contributed by atoms with Crippen LogP contribution in [0.1, 0.15) is 12.8 Å². The van der Waals surface area contributed by atoms with Gasteiger partial charge in [0, 0.05) is 0 Å². The van der Waals surface area contributed by atoms with E-state index < -0.39 is 72.2 Å². The molecule has 0 saturated heterocycles. The van der Waals surface area contributed by atoms with Crippen LogP contribution >= 0.6 is 0 Å². The third kappa shape index (κ3) is 3.99. The lowest BCUT2D eigenvalue weighted by molar-refractivity contribution is -0.453. The molecule has 0 aliphatic rings. The minimum absolute atomic E-state index is 3.13. The summed E-state index contributed by atoms with van der Waals surface area (Å²) in [6.45, 7) is 0. The molecule has 0 aromatic carbocycles. The van der Waals surface area contributed by atoms with Gasteiger partial charge in [0.05, 0.1) is 0 Å². The van der Waals surface area contributed by atoms with Gasteiger partial charge in [0.15, 0.2) is 0 Å². The Morgan fingerprint density at radius 3 is 0.719 bits per heavy atom. The van der Waals surface area contributed by atoms with E-state index in [1.165, 1.54) is 0 Å². The van der Waals surface area contributed by atoms with Crippen LogP contribution in [0.5, 0.6) is 0 Å². The summed E-state index contributed by atoms with van der Waals surface area (Å²) in [4.78, 5) is 20.0. The van der Waals surface area contributed by atoms with Gasteiger partial charge < -0.3 is 10.2 Å². The predicted octanol–water partition coefficient (Wildman–Crippen LogP) is 5.02. The van der Waals surface area contributed by atoms with E-state index in [0.29, 0.717) is 0 Å². The summed E-state index contributed by atoms with van der Waals surface area (Å²) >= 11 is 0. The largest absolute Gasteiger partial charge is 0.481 e. The van der Waals surface area contributed by atoms with Crippen molar-refractivity contribution >= 4 is 11.9 Å². The molecule has 20 heteroatoms. The quantitative estimate of drug-likeness (QED) is 0.377. The molecule has 190 valence electrons. The molecule has 4 nitrogen and oxygen atoms in total. The van der Waals surface area contributed by atoms with Gasteiger partial charge in [-0.05, 0) is 0 Å². The van der Waals surface area contributed by atoms with Gasteiger partial charge in [-0.3, -0.25) is 9.59 Å². The van der Waals surface area contributed by atoms with E-state index in [1.54, 1.807) is 0 Å². The molecule has 32 heavy (non-hydrogen) atoms. The van der Waals surface area contributed by atoms with E-state index in [-0.39, 0.29) is 0 Å². The monoisotopic (exact) mass is 518 g/mol. The van der Waals surface area contributed by atoms with Gasteiger partial charge in [0.25, 0.3) is 0 Å². The van der Waals surface area contributed by atoms with Crippen LogP contribution in [-0.2, 0) is 9.59 Å². The van der Waals surface area contributed by atoms with Gasteiger partial charge in [-0.15, -0.1) is 0 Å². The highest BCUT2D eigenvalue weighted by molar-refractivity contribution is 5.68. The highest BCUT2D eigenvalue weighted by Crippen LogP contribution is 2.64. The highest BCUT2D eigenvalue weighted by Gasteiger charge is 2.94. The topological polar surface area (TPSA) is 74.6 Å². The molecule has 0 aromatic rings. The maximum Gasteiger partial charge on any atom is 0.384 e. The second-order valence-electron chi connectivity index (χ2n) is 6.00. The first kappa shape index (κ1) is 29.8. The van der Waals surface area contributed by atoms with Gasteiger partial charge in [-0.25, -0.2) is 0 Å². The third-order valence-electron chi connectivity index (χ3n) is 3.64. The Morgan fingerprint density at radius 1 is 0.406 bits per heavy atom. The van der Waals surface area contributed by atoms with Gasteiger partial charge in [-0.1, -0.05) is 0 Å². The fourth-order valence-electron chi connectivity index (χ4n) is 1.85. The fraction of sp³-hybridized carbons (Fsp3) is 0.833. The first-order valence-electron chi connectivity index (χ1n) is 7.04. The molecule has 0 atom stereocenters. The Balaban J connectivity index is 6.77. The van der Waals surface area contributed by atoms with Crippen LogP contribution < -0.4 is 0 Å². The summed E-state index contributed by atoms with van der Waals surface area (Å²) in [7, 11) is 0. The molecule has 0 amide bonds. The lowest BCUT2D eigenvalue weighted by Crippen LogP contribution is -2.74. The standard InChI is InChI=1S/C12H6F16O4/c13-5(14,1-3(29)30)7(17,18)9(21,22)11(25,26)12(27,28)10(23,24)8(19,20)6(15,16)2-4(31)32/h1-2H2,(H,29,30)(H,31,32). The number of hydrogen-bond acceptors (Lipinski definition) is 2. The molecule has 0 heterocycles. The molecule has 0 spiro atoms. The zero-order chi connectivity index (χ0) is 26.6. The minimum Gasteiger partial charge on any atom is -0.481 e. The highest BCUT2D eigenvalue weighted by atomic mass is 19.4. The molecular formula is C12H6F16O4. The Morgan fingerprint density at radius 2 is 0.562 bits per heavy atom. The molecule has 0 unspecified atom stereocenters. The van der Waals surface area contributed by atoms with E-state index in [1.807, 2.05) is 0 Å². The number of carboxylic acids is 2. The zero-order valence-electron chi connectivity index (χ0n) is 14.2. The lowest BCUT2D eigenvalue weighted by Gasteiger charge is -2.43. The summed E-state index contributed by atoms with van der Waals surface area (Å²) in [5.74, 6) is -70.3. The average molecular weight is 518 g/mol. The average Bonchev–Trinajstić information content (AvgIpc) is 2.50. The lowest BCUT2D eigenvalue weighted by atomic mass is 9.86. The summed E-state index contributed by atoms with van der Waals surface area (Å²) in [5.41, 5.74) is 0. The molecule has 0 aromatic heterocycles. The summed E-state index contributed by atoms with van der Waals surface area (Å²) in [5, 5.41) is 15.8. The fourth-order valence-corrected chi connectivity index (χ4v) is 1.85. The summed E-state index contributed by atoms with van der Waals surface area (Å²) in [6.07, 6.45) is -6.97. The van der Waals surface area contributed by atoms with Crippen molar-refractivity contribution in [3.63, 3.8) is 0 Å². The first-order chi connectivity index (χ1) is 13.6. The van der Waals surface area contributed by atoms with Crippen LogP contribution in [0.25, 0.3) is 0 Å². The SMILES string of the molecule is O=C(O)CC(F)(F)C(F)(F)C(F)(F)C(F)(F)C(F)(F)C(F)(F)C(F)(F)C(F)(F)CC(=O)O. The maximum atomic E-state index is 13.4. The second-order valence-corrected chi connectivity index (χ2v) is 6.00. The molecular weight excluding hydrogens is 512 g/mol. The van der Waals surface area contributed by atoms with Gasteiger partial charge in [-0.2, -0.15) is 70.2 Å². The van der Waals surface area contributed by atoms with Crippen molar-refractivity contribution in [1.82, 2.24) is 0 Å². The number of alkyl halides is 16. The van der Waals surface area contributed by atoms with Gasteiger partial charge in [0.1, 0.15) is 12.8 Å². The van der Waals surface area contributed by atoms with Gasteiger partial charge in [0.2, 0.25) is 0 Å². The Labute approximate surface area is 163 Å². The number of rotatable bonds is 11. The molecule has 0 fully saturated rings. The van der Waals surface area contributed by atoms with E-state index in [0.717, 1.165) is 0 Å². The van der Waals surface area contributed by atoms with E-state index in [4.69, 9.17) is 10.2 Å². The number of halogens is 16. The summed E-state index contributed by atoms with van der Waals surface area (Å²) in [6, 6.07) is 0. The van der Waals surface area contributed by atoms with Crippen molar-refractivity contribution in [3.8, 4) is 0 Å². The number of carboxylic acid groups (broad SMARTS) is 2. The minimum atomic E-state index is -8.68. The van der Waals surface area contributed by atoms with Crippen LogP contribution in [0.2, 0.25) is 0 Å². The Kier molecular flexibility index (Phi) is 7.18. The Bertz CT molecular complexity index is 681. The zero-order valence-corrected chi connectivity index (χ0v) is 14.2. The second kappa shape index (κ2) is 7.70. The van der Waals surface area contributed by atoms with Crippen molar-refractivity contribution in [2.24, 2.45) is 0 Å². The normalized spacial score (nSPS) is 15.6. The van der Waals surface area contributed by atoms with Crippen LogP contribution in [0.4, 0.5) is 70.2 Å².